The first kappa shape index (κ1) is 16.4. The molecule has 0 fully saturated rings. The Hall–Kier alpha value is -2.49. The molecular weight excluding hydrogens is 302 g/mol. The molecule has 0 unspecified atom stereocenters. The number of carbonyl (C=O) groups is 1. The van der Waals surface area contributed by atoms with Crippen molar-refractivity contribution >= 4 is 11.6 Å². The lowest BCUT2D eigenvalue weighted by Gasteiger charge is -2.19. The van der Waals surface area contributed by atoms with Crippen molar-refractivity contribution in [1.29, 1.82) is 0 Å². The van der Waals surface area contributed by atoms with Crippen molar-refractivity contribution in [1.82, 2.24) is 0 Å². The number of fused-ring (bicyclic) bond motifs is 1. The van der Waals surface area contributed by atoms with E-state index in [0.717, 1.165) is 30.0 Å². The van der Waals surface area contributed by atoms with Gasteiger partial charge in [-0.05, 0) is 74.1 Å². The Bertz CT molecular complexity index is 695. The predicted octanol–water partition coefficient (Wildman–Crippen LogP) is 3.98. The zero-order valence-electron chi connectivity index (χ0n) is 14.0. The summed E-state index contributed by atoms with van der Waals surface area (Å²) < 4.78 is 11.2. The molecule has 0 radical (unpaired) electrons. The van der Waals surface area contributed by atoms with E-state index in [1.807, 2.05) is 43.3 Å². The van der Waals surface area contributed by atoms with E-state index in [1.165, 1.54) is 24.0 Å². The van der Waals surface area contributed by atoms with E-state index in [2.05, 4.69) is 11.4 Å². The number of hydrogen-bond donors (Lipinski definition) is 1. The first-order valence-electron chi connectivity index (χ1n) is 8.52. The highest BCUT2D eigenvalue weighted by atomic mass is 16.5. The van der Waals surface area contributed by atoms with Gasteiger partial charge in [-0.3, -0.25) is 4.79 Å². The van der Waals surface area contributed by atoms with Crippen molar-refractivity contribution in [3.8, 4) is 11.5 Å². The Kier molecular flexibility index (Phi) is 5.36. The lowest BCUT2D eigenvalue weighted by atomic mass is 9.91. The number of ether oxygens (including phenoxy) is 2. The molecule has 126 valence electrons. The van der Waals surface area contributed by atoms with E-state index in [9.17, 15) is 4.79 Å². The van der Waals surface area contributed by atoms with Crippen LogP contribution in [0.1, 0.15) is 30.9 Å². The van der Waals surface area contributed by atoms with Crippen molar-refractivity contribution in [3.63, 3.8) is 0 Å². The Morgan fingerprint density at radius 1 is 1.04 bits per heavy atom. The van der Waals surface area contributed by atoms with Crippen molar-refractivity contribution in [2.45, 2.75) is 32.6 Å². The maximum absolute atomic E-state index is 12.1. The Balaban J connectivity index is 1.56. The number of amides is 1. The SMILES string of the molecule is CCOc1ccc(NC(=O)COc2cccc3c2CCCC3)cc1. The monoisotopic (exact) mass is 325 g/mol. The minimum atomic E-state index is -0.160. The van der Waals surface area contributed by atoms with E-state index in [-0.39, 0.29) is 12.5 Å². The van der Waals surface area contributed by atoms with Crippen molar-refractivity contribution in [2.24, 2.45) is 0 Å². The van der Waals surface area contributed by atoms with Gasteiger partial charge in [0.1, 0.15) is 11.5 Å². The topological polar surface area (TPSA) is 47.6 Å². The van der Waals surface area contributed by atoms with Crippen molar-refractivity contribution < 1.29 is 14.3 Å². The molecule has 4 nitrogen and oxygen atoms in total. The van der Waals surface area contributed by atoms with Crippen LogP contribution in [0.2, 0.25) is 0 Å². The molecule has 1 aliphatic rings. The highest BCUT2D eigenvalue weighted by Gasteiger charge is 2.14. The summed E-state index contributed by atoms with van der Waals surface area (Å²) in [4.78, 5) is 12.1. The summed E-state index contributed by atoms with van der Waals surface area (Å²) in [5, 5.41) is 2.84. The third kappa shape index (κ3) is 4.07. The predicted molar refractivity (Wildman–Crippen MR) is 94.8 cm³/mol. The van der Waals surface area contributed by atoms with E-state index >= 15 is 0 Å². The lowest BCUT2D eigenvalue weighted by Crippen LogP contribution is -2.21. The van der Waals surface area contributed by atoms with E-state index in [0.29, 0.717) is 6.61 Å². The van der Waals surface area contributed by atoms with E-state index in [1.54, 1.807) is 0 Å². The zero-order chi connectivity index (χ0) is 16.8. The van der Waals surface area contributed by atoms with Crippen LogP contribution < -0.4 is 14.8 Å². The van der Waals surface area contributed by atoms with Gasteiger partial charge in [0.05, 0.1) is 6.61 Å². The average molecular weight is 325 g/mol. The maximum atomic E-state index is 12.1. The molecule has 0 saturated carbocycles. The highest BCUT2D eigenvalue weighted by Crippen LogP contribution is 2.29. The largest absolute Gasteiger partial charge is 0.494 e. The maximum Gasteiger partial charge on any atom is 0.262 e. The number of carbonyl (C=O) groups excluding carboxylic acids is 1. The normalized spacial score (nSPS) is 13.0. The number of benzene rings is 2. The number of hydrogen-bond acceptors (Lipinski definition) is 3. The second kappa shape index (κ2) is 7.86. The summed E-state index contributed by atoms with van der Waals surface area (Å²) in [7, 11) is 0. The molecule has 0 aliphatic heterocycles. The van der Waals surface area contributed by atoms with Gasteiger partial charge in [-0.2, -0.15) is 0 Å². The van der Waals surface area contributed by atoms with Crippen LogP contribution in [0.4, 0.5) is 5.69 Å². The average Bonchev–Trinajstić information content (AvgIpc) is 2.62. The minimum absolute atomic E-state index is 0.0175. The van der Waals surface area contributed by atoms with Gasteiger partial charge >= 0.3 is 0 Å². The summed E-state index contributed by atoms with van der Waals surface area (Å²) in [5.41, 5.74) is 3.35. The van der Waals surface area contributed by atoms with E-state index < -0.39 is 0 Å². The van der Waals surface area contributed by atoms with Gasteiger partial charge in [0.2, 0.25) is 0 Å². The molecule has 4 heteroatoms. The lowest BCUT2D eigenvalue weighted by molar-refractivity contribution is -0.118. The second-order valence-corrected chi connectivity index (χ2v) is 5.90. The minimum Gasteiger partial charge on any atom is -0.494 e. The molecule has 0 saturated heterocycles. The quantitative estimate of drug-likeness (QED) is 0.874. The molecule has 1 aliphatic carbocycles. The molecule has 24 heavy (non-hydrogen) atoms. The van der Waals surface area contributed by atoms with Gasteiger partial charge < -0.3 is 14.8 Å². The molecule has 3 rings (SSSR count). The van der Waals surface area contributed by atoms with Crippen LogP contribution in [0.3, 0.4) is 0 Å². The fraction of sp³-hybridized carbons (Fsp3) is 0.350. The highest BCUT2D eigenvalue weighted by molar-refractivity contribution is 5.91. The molecule has 1 amide bonds. The molecule has 0 heterocycles. The van der Waals surface area contributed by atoms with Crippen LogP contribution in [0.15, 0.2) is 42.5 Å². The van der Waals surface area contributed by atoms with Crippen LogP contribution >= 0.6 is 0 Å². The van der Waals surface area contributed by atoms with Gasteiger partial charge in [0.25, 0.3) is 5.91 Å². The molecule has 0 atom stereocenters. The van der Waals surface area contributed by atoms with Crippen molar-refractivity contribution in [3.05, 3.63) is 53.6 Å². The summed E-state index contributed by atoms with van der Waals surface area (Å²) in [5.74, 6) is 1.48. The fourth-order valence-electron chi connectivity index (χ4n) is 3.02. The van der Waals surface area contributed by atoms with Gasteiger partial charge in [-0.1, -0.05) is 12.1 Å². The fourth-order valence-corrected chi connectivity index (χ4v) is 3.02. The van der Waals surface area contributed by atoms with Crippen LogP contribution in [0.25, 0.3) is 0 Å². The smallest absolute Gasteiger partial charge is 0.262 e. The molecule has 1 N–H and O–H groups in total. The first-order chi connectivity index (χ1) is 11.8. The van der Waals surface area contributed by atoms with Crippen LogP contribution in [0, 0.1) is 0 Å². The number of anilines is 1. The van der Waals surface area contributed by atoms with Gasteiger partial charge in [-0.15, -0.1) is 0 Å². The summed E-state index contributed by atoms with van der Waals surface area (Å²) >= 11 is 0. The van der Waals surface area contributed by atoms with Gasteiger partial charge in [-0.25, -0.2) is 0 Å². The van der Waals surface area contributed by atoms with Crippen LogP contribution in [0.5, 0.6) is 11.5 Å². The zero-order valence-corrected chi connectivity index (χ0v) is 14.0. The standard InChI is InChI=1S/C20H23NO3/c1-2-23-17-12-10-16(11-13-17)21-20(22)14-24-19-9-5-7-15-6-3-4-8-18(15)19/h5,7,9-13H,2-4,6,8,14H2,1H3,(H,21,22). The molecule has 0 bridgehead atoms. The molecule has 0 aromatic heterocycles. The van der Waals surface area contributed by atoms with Crippen LogP contribution in [-0.2, 0) is 17.6 Å². The summed E-state index contributed by atoms with van der Waals surface area (Å²) in [6, 6.07) is 13.4. The van der Waals surface area contributed by atoms with Gasteiger partial charge in [0, 0.05) is 5.69 Å². The molecule has 2 aromatic carbocycles. The van der Waals surface area contributed by atoms with E-state index in [4.69, 9.17) is 9.47 Å². The molecular formula is C20H23NO3. The Labute approximate surface area is 142 Å². The third-order valence-electron chi connectivity index (χ3n) is 4.16. The summed E-state index contributed by atoms with van der Waals surface area (Å²) in [6.45, 7) is 2.58. The number of rotatable bonds is 6. The Morgan fingerprint density at radius 2 is 1.83 bits per heavy atom. The third-order valence-corrected chi connectivity index (χ3v) is 4.16. The van der Waals surface area contributed by atoms with Gasteiger partial charge in [0.15, 0.2) is 6.61 Å². The number of nitrogens with one attached hydrogen (secondary N) is 1. The van der Waals surface area contributed by atoms with Crippen LogP contribution in [-0.4, -0.2) is 19.1 Å². The van der Waals surface area contributed by atoms with Crippen molar-refractivity contribution in [2.75, 3.05) is 18.5 Å². The second-order valence-electron chi connectivity index (χ2n) is 5.90. The summed E-state index contributed by atoms with van der Waals surface area (Å²) in [6.07, 6.45) is 4.55. The molecule has 2 aromatic rings. The molecule has 0 spiro atoms. The Morgan fingerprint density at radius 3 is 2.62 bits per heavy atom. The number of aryl methyl sites for hydroxylation is 1. The first-order valence-corrected chi connectivity index (χ1v) is 8.52.